The van der Waals surface area contributed by atoms with Crippen LogP contribution in [0.1, 0.15) is 13.8 Å². The van der Waals surface area contributed by atoms with Crippen molar-refractivity contribution in [1.82, 2.24) is 0 Å². The minimum atomic E-state index is -3.48. The van der Waals surface area contributed by atoms with E-state index in [9.17, 15) is 18.3 Å². The lowest BCUT2D eigenvalue weighted by atomic mass is 10.5. The second-order valence-corrected chi connectivity index (χ2v) is 5.36. The lowest BCUT2D eigenvalue weighted by molar-refractivity contribution is -0.893. The van der Waals surface area contributed by atoms with Gasteiger partial charge in [-0.1, -0.05) is 0 Å². The molecule has 0 atom stereocenters. The van der Waals surface area contributed by atoms with Gasteiger partial charge >= 0.3 is 0 Å². The molecule has 0 rings (SSSR count). The predicted octanol–water partition coefficient (Wildman–Crippen LogP) is -2.92. The smallest absolute Gasteiger partial charge is 0.161 e. The van der Waals surface area contributed by atoms with Crippen LogP contribution >= 0.6 is 0 Å². The van der Waals surface area contributed by atoms with Gasteiger partial charge in [0, 0.05) is 0 Å². The van der Waals surface area contributed by atoms with E-state index in [1.807, 2.05) is 13.8 Å². The largest absolute Gasteiger partial charge is 0.549 e. The van der Waals surface area contributed by atoms with E-state index in [1.54, 1.807) is 0 Å². The summed E-state index contributed by atoms with van der Waals surface area (Å²) in [6, 6.07) is 0. The predicted molar refractivity (Wildman–Crippen MR) is 50.6 cm³/mol. The highest BCUT2D eigenvalue weighted by Gasteiger charge is 2.14. The summed E-state index contributed by atoms with van der Waals surface area (Å²) in [5, 5.41) is 10.1. The van der Waals surface area contributed by atoms with Crippen LogP contribution in [0.4, 0.5) is 0 Å². The Hall–Kier alpha value is -0.620. The maximum absolute atomic E-state index is 11.1. The SMILES string of the molecule is CC[NH+](CC)CCS(=O)(=O)CC(=O)[O-]. The Morgan fingerprint density at radius 1 is 1.29 bits per heavy atom. The summed E-state index contributed by atoms with van der Waals surface area (Å²) in [4.78, 5) is 11.2. The maximum atomic E-state index is 11.1. The highest BCUT2D eigenvalue weighted by molar-refractivity contribution is 7.92. The topological polar surface area (TPSA) is 78.7 Å². The van der Waals surface area contributed by atoms with Gasteiger partial charge in [0.25, 0.3) is 0 Å². The number of carboxylic acids is 1. The molecule has 1 N–H and O–H groups in total. The van der Waals surface area contributed by atoms with Crippen molar-refractivity contribution >= 4 is 15.8 Å². The summed E-state index contributed by atoms with van der Waals surface area (Å²) >= 11 is 0. The molecule has 0 unspecified atom stereocenters. The van der Waals surface area contributed by atoms with E-state index in [2.05, 4.69) is 0 Å². The fourth-order valence-electron chi connectivity index (χ4n) is 1.16. The van der Waals surface area contributed by atoms with E-state index in [-0.39, 0.29) is 5.75 Å². The first-order valence-corrected chi connectivity index (χ1v) is 6.47. The molecule has 0 aliphatic carbocycles. The highest BCUT2D eigenvalue weighted by atomic mass is 32.2. The lowest BCUT2D eigenvalue weighted by Gasteiger charge is -2.15. The van der Waals surface area contributed by atoms with Gasteiger partial charge in [0.05, 0.1) is 37.1 Å². The molecule has 0 saturated carbocycles. The van der Waals surface area contributed by atoms with Crippen molar-refractivity contribution in [2.24, 2.45) is 0 Å². The molecule has 5 nitrogen and oxygen atoms in total. The Balaban J connectivity index is 4.05. The third-order valence-electron chi connectivity index (χ3n) is 2.10. The number of hydrogen-bond donors (Lipinski definition) is 1. The van der Waals surface area contributed by atoms with Crippen molar-refractivity contribution in [3.05, 3.63) is 0 Å². The number of aliphatic carboxylic acids is 1. The van der Waals surface area contributed by atoms with Gasteiger partial charge in [0.15, 0.2) is 9.84 Å². The van der Waals surface area contributed by atoms with Crippen LogP contribution in [-0.2, 0) is 14.6 Å². The van der Waals surface area contributed by atoms with Crippen LogP contribution in [0.5, 0.6) is 0 Å². The fraction of sp³-hybridized carbons (Fsp3) is 0.875. The van der Waals surface area contributed by atoms with Gasteiger partial charge in [-0.05, 0) is 13.8 Å². The quantitative estimate of drug-likeness (QED) is 0.501. The average molecular weight is 223 g/mol. The molecule has 6 heteroatoms. The zero-order valence-corrected chi connectivity index (χ0v) is 9.39. The summed E-state index contributed by atoms with van der Waals surface area (Å²) in [6.07, 6.45) is 0. The van der Waals surface area contributed by atoms with Crippen LogP contribution in [-0.4, -0.2) is 45.5 Å². The number of carbonyl (C=O) groups excluding carboxylic acids is 1. The van der Waals surface area contributed by atoms with Crippen LogP contribution < -0.4 is 10.0 Å². The Kier molecular flexibility index (Phi) is 5.71. The minimum Gasteiger partial charge on any atom is -0.549 e. The number of hydrogen-bond acceptors (Lipinski definition) is 4. The van der Waals surface area contributed by atoms with E-state index in [1.165, 1.54) is 0 Å². The van der Waals surface area contributed by atoms with E-state index in [0.29, 0.717) is 6.54 Å². The normalized spacial score (nSPS) is 11.9. The Morgan fingerprint density at radius 2 is 1.79 bits per heavy atom. The summed E-state index contributed by atoms with van der Waals surface area (Å²) in [5.74, 6) is -2.48. The monoisotopic (exact) mass is 223 g/mol. The maximum Gasteiger partial charge on any atom is 0.161 e. The molecular weight excluding hydrogens is 206 g/mol. The molecule has 0 aliphatic heterocycles. The van der Waals surface area contributed by atoms with Crippen molar-refractivity contribution in [2.45, 2.75) is 13.8 Å². The molecule has 0 aromatic heterocycles. The summed E-state index contributed by atoms with van der Waals surface area (Å²) < 4.78 is 22.3. The summed E-state index contributed by atoms with van der Waals surface area (Å²) in [6.45, 7) is 6.08. The third-order valence-corrected chi connectivity index (χ3v) is 3.61. The molecule has 0 aliphatic rings. The molecule has 14 heavy (non-hydrogen) atoms. The van der Waals surface area contributed by atoms with E-state index in [0.717, 1.165) is 18.0 Å². The Morgan fingerprint density at radius 3 is 2.14 bits per heavy atom. The van der Waals surface area contributed by atoms with E-state index < -0.39 is 21.6 Å². The first kappa shape index (κ1) is 13.4. The molecule has 0 aromatic carbocycles. The number of sulfone groups is 1. The van der Waals surface area contributed by atoms with Gasteiger partial charge in [-0.25, -0.2) is 8.42 Å². The number of carbonyl (C=O) groups is 1. The first-order valence-electron chi connectivity index (χ1n) is 4.65. The molecule has 0 amide bonds. The lowest BCUT2D eigenvalue weighted by Crippen LogP contribution is -3.12. The van der Waals surface area contributed by atoms with Gasteiger partial charge in [-0.3, -0.25) is 0 Å². The Bertz CT molecular complexity index is 269. The van der Waals surface area contributed by atoms with Gasteiger partial charge in [-0.15, -0.1) is 0 Å². The molecule has 0 saturated heterocycles. The third kappa shape index (κ3) is 5.93. The van der Waals surface area contributed by atoms with Gasteiger partial charge < -0.3 is 14.8 Å². The zero-order chi connectivity index (χ0) is 11.2. The van der Waals surface area contributed by atoms with Crippen LogP contribution in [0.25, 0.3) is 0 Å². The van der Waals surface area contributed by atoms with Gasteiger partial charge in [0.2, 0.25) is 0 Å². The van der Waals surface area contributed by atoms with Crippen LogP contribution in [0.15, 0.2) is 0 Å². The average Bonchev–Trinajstić information content (AvgIpc) is 2.03. The number of rotatable bonds is 7. The molecule has 84 valence electrons. The second kappa shape index (κ2) is 5.98. The molecule has 0 heterocycles. The highest BCUT2D eigenvalue weighted by Crippen LogP contribution is 1.86. The van der Waals surface area contributed by atoms with Crippen molar-refractivity contribution in [3.63, 3.8) is 0 Å². The van der Waals surface area contributed by atoms with Crippen molar-refractivity contribution in [3.8, 4) is 0 Å². The molecule has 0 aromatic rings. The van der Waals surface area contributed by atoms with E-state index >= 15 is 0 Å². The van der Waals surface area contributed by atoms with Crippen molar-refractivity contribution in [1.29, 1.82) is 0 Å². The van der Waals surface area contributed by atoms with Crippen molar-refractivity contribution < 1.29 is 23.2 Å². The summed E-state index contributed by atoms with van der Waals surface area (Å²) in [7, 11) is -3.48. The molecule has 0 bridgehead atoms. The Labute approximate surface area is 84.6 Å². The van der Waals surface area contributed by atoms with E-state index in [4.69, 9.17) is 0 Å². The minimum absolute atomic E-state index is 0.0853. The number of nitrogens with one attached hydrogen (secondary N) is 1. The molecule has 0 fully saturated rings. The van der Waals surface area contributed by atoms with Crippen LogP contribution in [0.2, 0.25) is 0 Å². The standard InChI is InChI=1S/C8H17NO4S/c1-3-9(4-2)5-6-14(12,13)7-8(10)11/h3-7H2,1-2H3,(H,10,11). The van der Waals surface area contributed by atoms with Crippen LogP contribution in [0.3, 0.4) is 0 Å². The second-order valence-electron chi connectivity index (χ2n) is 3.17. The first-order chi connectivity index (χ1) is 6.41. The van der Waals surface area contributed by atoms with Gasteiger partial charge in [-0.2, -0.15) is 0 Å². The number of carboxylic acid groups (broad SMARTS) is 1. The zero-order valence-electron chi connectivity index (χ0n) is 8.58. The molecule has 0 spiro atoms. The summed E-state index contributed by atoms with van der Waals surface area (Å²) in [5.41, 5.74) is 0. The van der Waals surface area contributed by atoms with Crippen molar-refractivity contribution in [2.75, 3.05) is 31.1 Å². The fourth-order valence-corrected chi connectivity index (χ4v) is 2.26. The number of quaternary nitrogens is 1. The molecule has 0 radical (unpaired) electrons. The van der Waals surface area contributed by atoms with Crippen LogP contribution in [0, 0.1) is 0 Å². The molecular formula is C8H17NO4S. The van der Waals surface area contributed by atoms with Gasteiger partial charge in [0.1, 0.15) is 0 Å².